The third-order valence-corrected chi connectivity index (χ3v) is 9.17. The van der Waals surface area contributed by atoms with E-state index in [9.17, 15) is 30.0 Å². The molecule has 1 saturated heterocycles. The molecule has 1 rings (SSSR count). The highest BCUT2D eigenvalue weighted by atomic mass is 16.7. The Kier molecular flexibility index (Phi) is 31.9. The second-order valence-electron chi connectivity index (χ2n) is 14.1. The summed E-state index contributed by atoms with van der Waals surface area (Å²) >= 11 is 0. The molecule has 1 aliphatic heterocycles. The molecular formula is C44H74O10. The van der Waals surface area contributed by atoms with Gasteiger partial charge < -0.3 is 39.4 Å². The zero-order chi connectivity index (χ0) is 39.5. The molecule has 0 aromatic carbocycles. The number of aliphatic hydroxyl groups excluding tert-OH is 4. The number of unbranched alkanes of at least 4 members (excludes halogenated alkanes) is 12. The fourth-order valence-electron chi connectivity index (χ4n) is 5.86. The lowest BCUT2D eigenvalue weighted by molar-refractivity contribution is -0.305. The third kappa shape index (κ3) is 26.2. The molecule has 10 heteroatoms. The summed E-state index contributed by atoms with van der Waals surface area (Å²) in [7, 11) is 0. The molecule has 4 N–H and O–H groups in total. The van der Waals surface area contributed by atoms with Gasteiger partial charge in [-0.3, -0.25) is 9.59 Å². The lowest BCUT2D eigenvalue weighted by Crippen LogP contribution is -2.59. The Bertz CT molecular complexity index is 1070. The maximum Gasteiger partial charge on any atom is 0.306 e. The first-order valence-corrected chi connectivity index (χ1v) is 20.9. The van der Waals surface area contributed by atoms with Gasteiger partial charge in [-0.1, -0.05) is 139 Å². The summed E-state index contributed by atoms with van der Waals surface area (Å²) < 4.78 is 22.0. The van der Waals surface area contributed by atoms with E-state index in [4.69, 9.17) is 18.9 Å². The van der Waals surface area contributed by atoms with E-state index in [2.05, 4.69) is 74.6 Å². The molecule has 0 radical (unpaired) electrons. The van der Waals surface area contributed by atoms with Crippen molar-refractivity contribution < 1.29 is 49.0 Å². The minimum absolute atomic E-state index is 0.189. The van der Waals surface area contributed by atoms with E-state index in [-0.39, 0.29) is 26.1 Å². The first kappa shape index (κ1) is 49.4. The van der Waals surface area contributed by atoms with Crippen molar-refractivity contribution in [2.24, 2.45) is 0 Å². The van der Waals surface area contributed by atoms with Crippen LogP contribution in [0.1, 0.15) is 149 Å². The molecule has 1 fully saturated rings. The Morgan fingerprint density at radius 1 is 0.593 bits per heavy atom. The molecule has 310 valence electrons. The van der Waals surface area contributed by atoms with E-state index < -0.39 is 55.4 Å². The molecule has 10 nitrogen and oxygen atoms in total. The summed E-state index contributed by atoms with van der Waals surface area (Å²) in [5.74, 6) is -0.850. The van der Waals surface area contributed by atoms with Crippen LogP contribution >= 0.6 is 0 Å². The van der Waals surface area contributed by atoms with Gasteiger partial charge in [-0.05, 0) is 57.8 Å². The lowest BCUT2D eigenvalue weighted by Gasteiger charge is -2.39. The van der Waals surface area contributed by atoms with Gasteiger partial charge in [-0.15, -0.1) is 0 Å². The number of esters is 2. The average molecular weight is 763 g/mol. The second kappa shape index (κ2) is 34.9. The molecular weight excluding hydrogens is 688 g/mol. The number of hydrogen-bond acceptors (Lipinski definition) is 10. The van der Waals surface area contributed by atoms with Gasteiger partial charge >= 0.3 is 11.9 Å². The van der Waals surface area contributed by atoms with E-state index in [0.29, 0.717) is 6.42 Å². The van der Waals surface area contributed by atoms with Crippen LogP contribution in [0.4, 0.5) is 0 Å². The number of carbonyl (C=O) groups excluding carboxylic acids is 2. The van der Waals surface area contributed by atoms with Crippen molar-refractivity contribution >= 4 is 11.9 Å². The van der Waals surface area contributed by atoms with E-state index in [1.807, 2.05) is 0 Å². The Hall–Kier alpha value is -2.60. The predicted molar refractivity (Wildman–Crippen MR) is 215 cm³/mol. The molecule has 0 spiro atoms. The van der Waals surface area contributed by atoms with Crippen molar-refractivity contribution in [1.29, 1.82) is 0 Å². The number of carbonyl (C=O) groups is 2. The van der Waals surface area contributed by atoms with Gasteiger partial charge in [0, 0.05) is 12.8 Å². The fraction of sp³-hybridized carbons (Fsp3) is 0.727. The molecule has 0 aromatic heterocycles. The molecule has 54 heavy (non-hydrogen) atoms. The van der Waals surface area contributed by atoms with Gasteiger partial charge in [0.05, 0.1) is 13.2 Å². The van der Waals surface area contributed by atoms with Crippen molar-refractivity contribution in [3.63, 3.8) is 0 Å². The minimum Gasteiger partial charge on any atom is -0.462 e. The normalized spacial score (nSPS) is 21.3. The van der Waals surface area contributed by atoms with Crippen LogP contribution in [0.5, 0.6) is 0 Å². The molecule has 2 unspecified atom stereocenters. The van der Waals surface area contributed by atoms with E-state index >= 15 is 0 Å². The summed E-state index contributed by atoms with van der Waals surface area (Å²) in [6.07, 6.45) is 33.7. The van der Waals surface area contributed by atoms with Crippen molar-refractivity contribution in [1.82, 2.24) is 0 Å². The quantitative estimate of drug-likeness (QED) is 0.0292. The van der Waals surface area contributed by atoms with Crippen LogP contribution in [0.2, 0.25) is 0 Å². The zero-order valence-electron chi connectivity index (χ0n) is 33.4. The van der Waals surface area contributed by atoms with Crippen LogP contribution in [0.25, 0.3) is 0 Å². The van der Waals surface area contributed by atoms with Crippen molar-refractivity contribution in [3.05, 3.63) is 60.8 Å². The molecule has 1 heterocycles. The summed E-state index contributed by atoms with van der Waals surface area (Å²) in [6.45, 7) is 3.24. The van der Waals surface area contributed by atoms with Gasteiger partial charge in [-0.2, -0.15) is 0 Å². The third-order valence-electron chi connectivity index (χ3n) is 9.17. The van der Waals surface area contributed by atoms with Gasteiger partial charge in [-0.25, -0.2) is 0 Å². The maximum absolute atomic E-state index is 12.7. The standard InChI is InChI=1S/C44H74O10/c1-3-5-7-9-11-13-15-16-17-18-19-20-21-22-23-25-27-29-31-33-40(47)53-37(36-52-44-43(50)42(49)41(48)38(34-45)54-44)35-51-39(46)32-30-28-26-24-14-12-10-8-6-4-2/h5,7,11,13,16-17,19-20,22-23,37-38,41-45,48-50H,3-4,6,8-10,12,14-15,18,21,24-36H2,1-2H3/b7-5+,13-11+,17-16+,20-19+,23-22+/t37-,38-,41+,42?,43?,44-/m1/s1. The van der Waals surface area contributed by atoms with E-state index in [1.54, 1.807) is 0 Å². The smallest absolute Gasteiger partial charge is 0.306 e. The summed E-state index contributed by atoms with van der Waals surface area (Å²) in [6, 6.07) is 0. The van der Waals surface area contributed by atoms with Crippen molar-refractivity contribution in [2.45, 2.75) is 185 Å². The number of allylic oxidation sites excluding steroid dienone is 10. The van der Waals surface area contributed by atoms with Gasteiger partial charge in [0.15, 0.2) is 12.4 Å². The number of ether oxygens (including phenoxy) is 4. The molecule has 0 aromatic rings. The number of hydrogen-bond donors (Lipinski definition) is 4. The maximum atomic E-state index is 12.7. The second-order valence-corrected chi connectivity index (χ2v) is 14.1. The highest BCUT2D eigenvalue weighted by molar-refractivity contribution is 5.70. The largest absolute Gasteiger partial charge is 0.462 e. The topological polar surface area (TPSA) is 152 Å². The van der Waals surface area contributed by atoms with Crippen LogP contribution < -0.4 is 0 Å². The molecule has 0 bridgehead atoms. The highest BCUT2D eigenvalue weighted by Gasteiger charge is 2.44. The molecule has 1 aliphatic rings. The van der Waals surface area contributed by atoms with E-state index in [1.165, 1.54) is 38.5 Å². The van der Waals surface area contributed by atoms with Crippen LogP contribution in [-0.4, -0.2) is 89.0 Å². The molecule has 0 aliphatic carbocycles. The lowest BCUT2D eigenvalue weighted by atomic mass is 9.99. The van der Waals surface area contributed by atoms with Crippen LogP contribution in [-0.2, 0) is 28.5 Å². The van der Waals surface area contributed by atoms with Crippen LogP contribution in [0, 0.1) is 0 Å². The van der Waals surface area contributed by atoms with Gasteiger partial charge in [0.2, 0.25) is 0 Å². The Labute approximate surface area is 326 Å². The van der Waals surface area contributed by atoms with Gasteiger partial charge in [0.1, 0.15) is 31.0 Å². The molecule has 0 amide bonds. The first-order valence-electron chi connectivity index (χ1n) is 20.9. The van der Waals surface area contributed by atoms with Crippen molar-refractivity contribution in [3.8, 4) is 0 Å². The Morgan fingerprint density at radius 3 is 1.65 bits per heavy atom. The van der Waals surface area contributed by atoms with Crippen molar-refractivity contribution in [2.75, 3.05) is 19.8 Å². The number of aliphatic hydroxyl groups is 4. The Balaban J connectivity index is 2.39. The van der Waals surface area contributed by atoms with Gasteiger partial charge in [0.25, 0.3) is 0 Å². The van der Waals surface area contributed by atoms with Crippen LogP contribution in [0.3, 0.4) is 0 Å². The summed E-state index contributed by atoms with van der Waals surface area (Å²) in [5, 5.41) is 40.0. The predicted octanol–water partition coefficient (Wildman–Crippen LogP) is 8.27. The monoisotopic (exact) mass is 763 g/mol. The Morgan fingerprint density at radius 2 is 1.09 bits per heavy atom. The molecule has 6 atom stereocenters. The minimum atomic E-state index is -1.60. The fourth-order valence-corrected chi connectivity index (χ4v) is 5.86. The zero-order valence-corrected chi connectivity index (χ0v) is 33.4. The summed E-state index contributed by atoms with van der Waals surface area (Å²) in [5.41, 5.74) is 0. The average Bonchev–Trinajstić information content (AvgIpc) is 3.17. The number of rotatable bonds is 33. The van der Waals surface area contributed by atoms with Crippen LogP contribution in [0.15, 0.2) is 60.8 Å². The summed E-state index contributed by atoms with van der Waals surface area (Å²) in [4.78, 5) is 25.2. The highest BCUT2D eigenvalue weighted by Crippen LogP contribution is 2.22. The molecule has 0 saturated carbocycles. The van der Waals surface area contributed by atoms with E-state index in [0.717, 1.165) is 77.0 Å². The SMILES string of the molecule is CC/C=C/C/C=C/C/C=C/C/C=C/C/C=C/CCCCCC(=O)O[C@H](COC(=O)CCCCCCCCCCCC)CO[C@@H]1O[C@H](CO)[C@H](O)C(O)C1O. The first-order chi connectivity index (χ1) is 26.3.